The third-order valence-corrected chi connectivity index (χ3v) is 5.70. The zero-order valence-electron chi connectivity index (χ0n) is 13.2. The molecular formula is C19H28FN. The predicted octanol–water partition coefficient (Wildman–Crippen LogP) is 5.08. The molecule has 21 heavy (non-hydrogen) atoms. The minimum absolute atomic E-state index is 0.134. The van der Waals surface area contributed by atoms with Crippen LogP contribution in [-0.2, 0) is 0 Å². The van der Waals surface area contributed by atoms with Crippen LogP contribution in [0.3, 0.4) is 0 Å². The van der Waals surface area contributed by atoms with Crippen molar-refractivity contribution in [2.24, 2.45) is 17.8 Å². The zero-order valence-corrected chi connectivity index (χ0v) is 13.2. The molecule has 2 fully saturated rings. The van der Waals surface area contributed by atoms with Gasteiger partial charge in [-0.3, -0.25) is 0 Å². The summed E-state index contributed by atoms with van der Waals surface area (Å²) >= 11 is 0. The van der Waals surface area contributed by atoms with Crippen molar-refractivity contribution in [3.63, 3.8) is 0 Å². The maximum atomic E-state index is 13.2. The molecule has 116 valence electrons. The molecule has 0 aliphatic heterocycles. The van der Waals surface area contributed by atoms with E-state index in [1.165, 1.54) is 50.5 Å². The minimum Gasteiger partial charge on any atom is -0.310 e. The van der Waals surface area contributed by atoms with Crippen LogP contribution in [0.25, 0.3) is 0 Å². The molecule has 2 aliphatic rings. The second-order valence-electron chi connectivity index (χ2n) is 6.96. The van der Waals surface area contributed by atoms with Gasteiger partial charge in [0.25, 0.3) is 0 Å². The molecule has 0 heterocycles. The van der Waals surface area contributed by atoms with Gasteiger partial charge < -0.3 is 5.32 Å². The lowest BCUT2D eigenvalue weighted by molar-refractivity contribution is 0.110. The Morgan fingerprint density at radius 3 is 2.48 bits per heavy atom. The maximum Gasteiger partial charge on any atom is 0.123 e. The third kappa shape index (κ3) is 3.48. The van der Waals surface area contributed by atoms with Gasteiger partial charge in [-0.15, -0.1) is 0 Å². The van der Waals surface area contributed by atoms with Crippen molar-refractivity contribution in [2.75, 3.05) is 6.54 Å². The fourth-order valence-electron chi connectivity index (χ4n) is 4.66. The van der Waals surface area contributed by atoms with Crippen LogP contribution in [0.15, 0.2) is 24.3 Å². The quantitative estimate of drug-likeness (QED) is 0.814. The normalized spacial score (nSPS) is 30.7. The van der Waals surface area contributed by atoms with Gasteiger partial charge in [0.05, 0.1) is 0 Å². The minimum atomic E-state index is -0.134. The Labute approximate surface area is 128 Å². The Morgan fingerprint density at radius 1 is 1.05 bits per heavy atom. The summed E-state index contributed by atoms with van der Waals surface area (Å²) in [5.41, 5.74) is 1.26. The summed E-state index contributed by atoms with van der Waals surface area (Å²) in [6.07, 6.45) is 9.86. The smallest absolute Gasteiger partial charge is 0.123 e. The fourth-order valence-corrected chi connectivity index (χ4v) is 4.66. The summed E-state index contributed by atoms with van der Waals surface area (Å²) in [4.78, 5) is 0. The molecule has 0 saturated heterocycles. The molecule has 0 spiro atoms. The SMILES string of the molecule is CCNC(c1ccc(F)cc1)C1CCC2CCCCC2C1. The molecule has 1 aromatic carbocycles. The van der Waals surface area contributed by atoms with Crippen LogP contribution in [0.1, 0.15) is 63.5 Å². The van der Waals surface area contributed by atoms with Gasteiger partial charge in [0, 0.05) is 6.04 Å². The third-order valence-electron chi connectivity index (χ3n) is 5.70. The number of nitrogens with one attached hydrogen (secondary N) is 1. The van der Waals surface area contributed by atoms with Crippen molar-refractivity contribution in [3.05, 3.63) is 35.6 Å². The summed E-state index contributed by atoms with van der Waals surface area (Å²) in [5, 5.41) is 3.66. The van der Waals surface area contributed by atoms with E-state index in [0.717, 1.165) is 24.3 Å². The molecule has 0 bridgehead atoms. The van der Waals surface area contributed by atoms with Crippen molar-refractivity contribution in [3.8, 4) is 0 Å². The number of benzene rings is 1. The molecule has 2 aliphatic carbocycles. The van der Waals surface area contributed by atoms with Gasteiger partial charge in [0.15, 0.2) is 0 Å². The predicted molar refractivity (Wildman–Crippen MR) is 85.6 cm³/mol. The van der Waals surface area contributed by atoms with Crippen LogP contribution in [-0.4, -0.2) is 6.54 Å². The van der Waals surface area contributed by atoms with Crippen molar-refractivity contribution < 1.29 is 4.39 Å². The molecule has 2 saturated carbocycles. The molecule has 2 heteroatoms. The number of halogens is 1. The molecule has 0 amide bonds. The lowest BCUT2D eigenvalue weighted by Crippen LogP contribution is -2.35. The van der Waals surface area contributed by atoms with E-state index in [1.54, 1.807) is 12.1 Å². The second-order valence-corrected chi connectivity index (χ2v) is 6.96. The molecule has 1 aromatic rings. The van der Waals surface area contributed by atoms with E-state index >= 15 is 0 Å². The first-order valence-corrected chi connectivity index (χ1v) is 8.76. The first-order chi connectivity index (χ1) is 10.3. The number of hydrogen-bond donors (Lipinski definition) is 1. The molecule has 4 unspecified atom stereocenters. The van der Waals surface area contributed by atoms with Gasteiger partial charge in [-0.25, -0.2) is 4.39 Å². The molecule has 0 aromatic heterocycles. The summed E-state index contributed by atoms with van der Waals surface area (Å²) < 4.78 is 13.2. The first-order valence-electron chi connectivity index (χ1n) is 8.76. The Bertz CT molecular complexity index is 441. The van der Waals surface area contributed by atoms with Gasteiger partial charge in [-0.1, -0.05) is 44.7 Å². The van der Waals surface area contributed by atoms with E-state index in [1.807, 2.05) is 12.1 Å². The van der Waals surface area contributed by atoms with Crippen LogP contribution in [0.4, 0.5) is 4.39 Å². The lowest BCUT2D eigenvalue weighted by Gasteiger charge is -2.42. The Kier molecular flexibility index (Phi) is 4.95. The van der Waals surface area contributed by atoms with Crippen molar-refractivity contribution in [1.82, 2.24) is 5.32 Å². The highest BCUT2D eigenvalue weighted by atomic mass is 19.1. The van der Waals surface area contributed by atoms with E-state index in [4.69, 9.17) is 0 Å². The monoisotopic (exact) mass is 289 g/mol. The number of fused-ring (bicyclic) bond motifs is 1. The van der Waals surface area contributed by atoms with Crippen LogP contribution >= 0.6 is 0 Å². The van der Waals surface area contributed by atoms with E-state index in [0.29, 0.717) is 6.04 Å². The molecular weight excluding hydrogens is 261 g/mol. The van der Waals surface area contributed by atoms with E-state index in [-0.39, 0.29) is 5.82 Å². The topological polar surface area (TPSA) is 12.0 Å². The largest absolute Gasteiger partial charge is 0.310 e. The second kappa shape index (κ2) is 6.91. The highest BCUT2D eigenvalue weighted by molar-refractivity contribution is 5.21. The summed E-state index contributed by atoms with van der Waals surface area (Å²) in [6.45, 7) is 3.15. The van der Waals surface area contributed by atoms with Gasteiger partial charge in [0.1, 0.15) is 5.82 Å². The summed E-state index contributed by atoms with van der Waals surface area (Å²) in [7, 11) is 0. The number of hydrogen-bond acceptors (Lipinski definition) is 1. The Morgan fingerprint density at radius 2 is 1.76 bits per heavy atom. The summed E-state index contributed by atoms with van der Waals surface area (Å²) in [5.74, 6) is 2.52. The molecule has 1 nitrogen and oxygen atoms in total. The maximum absolute atomic E-state index is 13.2. The highest BCUT2D eigenvalue weighted by Crippen LogP contribution is 2.46. The first kappa shape index (κ1) is 15.0. The van der Waals surface area contributed by atoms with Gasteiger partial charge in [-0.05, 0) is 61.3 Å². The Hall–Kier alpha value is -0.890. The molecule has 3 rings (SSSR count). The van der Waals surface area contributed by atoms with Crippen molar-refractivity contribution >= 4 is 0 Å². The van der Waals surface area contributed by atoms with Crippen LogP contribution in [0, 0.1) is 23.6 Å². The molecule has 0 radical (unpaired) electrons. The molecule has 4 atom stereocenters. The highest BCUT2D eigenvalue weighted by Gasteiger charge is 2.35. The lowest BCUT2D eigenvalue weighted by atomic mass is 9.65. The Balaban J connectivity index is 1.73. The summed E-state index contributed by atoms with van der Waals surface area (Å²) in [6, 6.07) is 7.54. The van der Waals surface area contributed by atoms with Crippen molar-refractivity contribution in [2.45, 2.75) is 57.9 Å². The van der Waals surface area contributed by atoms with E-state index < -0.39 is 0 Å². The fraction of sp³-hybridized carbons (Fsp3) is 0.684. The van der Waals surface area contributed by atoms with Gasteiger partial charge >= 0.3 is 0 Å². The van der Waals surface area contributed by atoms with E-state index in [9.17, 15) is 4.39 Å². The van der Waals surface area contributed by atoms with Crippen LogP contribution in [0.5, 0.6) is 0 Å². The van der Waals surface area contributed by atoms with E-state index in [2.05, 4.69) is 12.2 Å². The van der Waals surface area contributed by atoms with Gasteiger partial charge in [0.2, 0.25) is 0 Å². The standard InChI is InChI=1S/C19H28FN/c1-2-21-19(15-9-11-18(20)12-10-15)17-8-7-14-5-3-4-6-16(14)13-17/h9-12,14,16-17,19,21H,2-8,13H2,1H3. The zero-order chi connectivity index (χ0) is 14.7. The average Bonchev–Trinajstić information content (AvgIpc) is 2.53. The average molecular weight is 289 g/mol. The van der Waals surface area contributed by atoms with Crippen LogP contribution < -0.4 is 5.32 Å². The molecule has 1 N–H and O–H groups in total. The van der Waals surface area contributed by atoms with Crippen LogP contribution in [0.2, 0.25) is 0 Å². The van der Waals surface area contributed by atoms with Crippen molar-refractivity contribution in [1.29, 1.82) is 0 Å². The number of rotatable bonds is 4. The van der Waals surface area contributed by atoms with Gasteiger partial charge in [-0.2, -0.15) is 0 Å².